The molecule has 3 aromatic carbocycles. The molecule has 2 heterocycles. The van der Waals surface area contributed by atoms with Crippen molar-refractivity contribution in [3.8, 4) is 17.2 Å². The van der Waals surface area contributed by atoms with Crippen LogP contribution in [-0.2, 0) is 16.2 Å². The molecular weight excluding hydrogens is 556 g/mol. The zero-order valence-corrected chi connectivity index (χ0v) is 24.3. The lowest BCUT2D eigenvalue weighted by Gasteiger charge is -2.26. The number of thiazole rings is 1. The van der Waals surface area contributed by atoms with Crippen LogP contribution >= 0.6 is 11.3 Å². The van der Waals surface area contributed by atoms with Gasteiger partial charge in [-0.3, -0.25) is 24.1 Å². The van der Waals surface area contributed by atoms with E-state index in [1.807, 2.05) is 30.3 Å². The van der Waals surface area contributed by atoms with Gasteiger partial charge in [-0.05, 0) is 54.4 Å². The Kier molecular flexibility index (Phi) is 8.17. The normalized spacial score (nSPS) is 16.4. The summed E-state index contributed by atoms with van der Waals surface area (Å²) in [6.07, 6.45) is 0. The number of aryl methyl sites for hydroxylation is 1. The highest BCUT2D eigenvalue weighted by Gasteiger charge is 2.53. The van der Waals surface area contributed by atoms with Crippen molar-refractivity contribution in [1.82, 2.24) is 4.98 Å². The second kappa shape index (κ2) is 12.0. The molecule has 10 heteroatoms. The van der Waals surface area contributed by atoms with Crippen molar-refractivity contribution in [2.45, 2.75) is 26.5 Å². The smallest absolute Gasteiger partial charge is 0.297 e. The average Bonchev–Trinajstić information content (AvgIpc) is 3.52. The highest BCUT2D eigenvalue weighted by molar-refractivity contribution is 7.18. The third kappa shape index (κ3) is 5.40. The average molecular weight is 585 g/mol. The van der Waals surface area contributed by atoms with Crippen molar-refractivity contribution in [2.24, 2.45) is 5.92 Å². The summed E-state index contributed by atoms with van der Waals surface area (Å²) in [7, 11) is 3.00. The maximum absolute atomic E-state index is 13.9. The first-order chi connectivity index (χ1) is 20.2. The molecule has 1 aliphatic heterocycles. The summed E-state index contributed by atoms with van der Waals surface area (Å²) in [5.74, 6) is -2.47. The van der Waals surface area contributed by atoms with E-state index in [4.69, 9.17) is 14.2 Å². The van der Waals surface area contributed by atoms with E-state index in [1.54, 1.807) is 49.4 Å². The summed E-state index contributed by atoms with van der Waals surface area (Å²) in [5.41, 5.74) is 2.13. The predicted molar refractivity (Wildman–Crippen MR) is 157 cm³/mol. The number of methoxy groups -OCH3 is 2. The van der Waals surface area contributed by atoms with Gasteiger partial charge in [0.25, 0.3) is 5.91 Å². The van der Waals surface area contributed by atoms with Gasteiger partial charge in [0.2, 0.25) is 5.78 Å². The molecule has 1 amide bonds. The van der Waals surface area contributed by atoms with Crippen LogP contribution in [0, 0.1) is 12.8 Å². The van der Waals surface area contributed by atoms with Gasteiger partial charge in [0.1, 0.15) is 18.3 Å². The highest BCUT2D eigenvalue weighted by Crippen LogP contribution is 2.45. The molecule has 0 radical (unpaired) electrons. The van der Waals surface area contributed by atoms with E-state index in [9.17, 15) is 19.2 Å². The molecule has 0 aliphatic carbocycles. The van der Waals surface area contributed by atoms with Crippen molar-refractivity contribution in [3.63, 3.8) is 0 Å². The Morgan fingerprint density at radius 2 is 1.64 bits per heavy atom. The van der Waals surface area contributed by atoms with Gasteiger partial charge in [-0.1, -0.05) is 47.7 Å². The number of hydrogen-bond acceptors (Lipinski definition) is 9. The lowest BCUT2D eigenvalue weighted by molar-refractivity contribution is -0.135. The van der Waals surface area contributed by atoms with Crippen molar-refractivity contribution in [2.75, 3.05) is 19.1 Å². The molecule has 42 heavy (non-hydrogen) atoms. The van der Waals surface area contributed by atoms with Gasteiger partial charge >= 0.3 is 0 Å². The van der Waals surface area contributed by atoms with Crippen LogP contribution in [0.3, 0.4) is 0 Å². The van der Waals surface area contributed by atoms with Gasteiger partial charge in [0, 0.05) is 12.5 Å². The molecular formula is C32H28N2O7S. The minimum Gasteiger partial charge on any atom is -0.497 e. The van der Waals surface area contributed by atoms with E-state index in [1.165, 1.54) is 26.0 Å². The largest absolute Gasteiger partial charge is 0.497 e. The Labute approximate surface area is 246 Å². The molecule has 1 aromatic heterocycles. The minimum absolute atomic E-state index is 0.162. The van der Waals surface area contributed by atoms with Crippen LogP contribution in [0.2, 0.25) is 0 Å². The Morgan fingerprint density at radius 1 is 0.929 bits per heavy atom. The molecule has 5 rings (SSSR count). The third-order valence-electron chi connectivity index (χ3n) is 7.04. The van der Waals surface area contributed by atoms with Gasteiger partial charge in [-0.15, -0.1) is 0 Å². The minimum atomic E-state index is -1.36. The second-order valence-corrected chi connectivity index (χ2v) is 10.7. The highest BCUT2D eigenvalue weighted by atomic mass is 32.1. The van der Waals surface area contributed by atoms with Gasteiger partial charge in [-0.2, -0.15) is 0 Å². The van der Waals surface area contributed by atoms with Crippen LogP contribution < -0.4 is 19.1 Å². The number of amides is 1. The summed E-state index contributed by atoms with van der Waals surface area (Å²) in [5, 5.41) is 0.162. The fourth-order valence-electron chi connectivity index (χ4n) is 4.95. The zero-order valence-electron chi connectivity index (χ0n) is 23.5. The summed E-state index contributed by atoms with van der Waals surface area (Å²) in [6.45, 7) is 3.37. The number of Topliss-reactive ketones (excluding diaryl/α,β-unsaturated/α-hetero) is 3. The number of anilines is 1. The number of ketones is 3. The number of nitrogens with zero attached hydrogens (tertiary/aromatic N) is 2. The van der Waals surface area contributed by atoms with E-state index in [-0.39, 0.29) is 16.5 Å². The SMILES string of the molecule is COc1ccc(C(=O)C2C(=O)C(=O)N(c3nc(C)c(C(C)=O)s3)C2c2ccc(OCc3ccccc3)c(OC)c2)cc1. The third-order valence-corrected chi connectivity index (χ3v) is 8.30. The number of carbonyl (C=O) groups is 4. The van der Waals surface area contributed by atoms with E-state index in [0.717, 1.165) is 16.9 Å². The van der Waals surface area contributed by atoms with Crippen LogP contribution in [-0.4, -0.2) is 42.5 Å². The number of hydrogen-bond donors (Lipinski definition) is 0. The molecule has 1 aliphatic rings. The van der Waals surface area contributed by atoms with Crippen LogP contribution in [0.1, 0.15) is 49.8 Å². The van der Waals surface area contributed by atoms with E-state index >= 15 is 0 Å². The molecule has 1 saturated heterocycles. The molecule has 2 unspecified atom stereocenters. The van der Waals surface area contributed by atoms with Gasteiger partial charge in [-0.25, -0.2) is 4.98 Å². The van der Waals surface area contributed by atoms with E-state index < -0.39 is 29.4 Å². The standard InChI is InChI=1S/C32H28N2O7S/c1-18-30(19(2)35)42-32(33-18)34-27(26(29(37)31(34)38)28(36)21-10-13-23(39-3)14-11-21)22-12-15-24(25(16-22)40-4)41-17-20-8-6-5-7-9-20/h5-16,26-27H,17H2,1-4H3. The summed E-state index contributed by atoms with van der Waals surface area (Å²) < 4.78 is 16.8. The summed E-state index contributed by atoms with van der Waals surface area (Å²) >= 11 is 1.01. The lowest BCUT2D eigenvalue weighted by atomic mass is 9.86. The van der Waals surface area contributed by atoms with Crippen LogP contribution in [0.4, 0.5) is 5.13 Å². The Balaban J connectivity index is 1.58. The maximum atomic E-state index is 13.9. The molecule has 0 bridgehead atoms. The topological polar surface area (TPSA) is 112 Å². The Bertz CT molecular complexity index is 1660. The molecule has 2 atom stereocenters. The molecule has 9 nitrogen and oxygen atoms in total. The predicted octanol–water partition coefficient (Wildman–Crippen LogP) is 5.41. The molecule has 0 spiro atoms. The molecule has 1 fully saturated rings. The quantitative estimate of drug-likeness (QED) is 0.138. The zero-order chi connectivity index (χ0) is 30.0. The monoisotopic (exact) mass is 584 g/mol. The molecule has 0 saturated carbocycles. The van der Waals surface area contributed by atoms with Crippen LogP contribution in [0.25, 0.3) is 0 Å². The van der Waals surface area contributed by atoms with Crippen LogP contribution in [0.15, 0.2) is 72.8 Å². The van der Waals surface area contributed by atoms with Crippen LogP contribution in [0.5, 0.6) is 17.2 Å². The second-order valence-electron chi connectivity index (χ2n) is 9.71. The van der Waals surface area contributed by atoms with E-state index in [0.29, 0.717) is 40.0 Å². The number of aromatic nitrogens is 1. The lowest BCUT2D eigenvalue weighted by Crippen LogP contribution is -2.30. The van der Waals surface area contributed by atoms with Crippen molar-refractivity contribution >= 4 is 39.7 Å². The first-order valence-electron chi connectivity index (χ1n) is 13.1. The number of ether oxygens (including phenoxy) is 3. The number of carbonyl (C=O) groups excluding carboxylic acids is 4. The number of benzene rings is 3. The van der Waals surface area contributed by atoms with Crippen molar-refractivity contribution in [3.05, 3.63) is 100 Å². The summed E-state index contributed by atoms with van der Waals surface area (Å²) in [6, 6.07) is 20.0. The Morgan fingerprint density at radius 3 is 2.26 bits per heavy atom. The number of rotatable bonds is 10. The molecule has 0 N–H and O–H groups in total. The van der Waals surface area contributed by atoms with Crippen molar-refractivity contribution < 1.29 is 33.4 Å². The maximum Gasteiger partial charge on any atom is 0.297 e. The summed E-state index contributed by atoms with van der Waals surface area (Å²) in [4.78, 5) is 59.2. The first-order valence-corrected chi connectivity index (χ1v) is 13.9. The van der Waals surface area contributed by atoms with E-state index in [2.05, 4.69) is 4.98 Å². The fourth-order valence-corrected chi connectivity index (χ4v) is 5.95. The Hall–Kier alpha value is -4.83. The van der Waals surface area contributed by atoms with Crippen molar-refractivity contribution in [1.29, 1.82) is 0 Å². The molecule has 4 aromatic rings. The fraction of sp³-hybridized carbons (Fsp3) is 0.219. The molecule has 214 valence electrons. The van der Waals surface area contributed by atoms with Gasteiger partial charge in [0.15, 0.2) is 28.2 Å². The first kappa shape index (κ1) is 28.7. The van der Waals surface area contributed by atoms with Gasteiger partial charge in [0.05, 0.1) is 30.8 Å². The van der Waals surface area contributed by atoms with Gasteiger partial charge < -0.3 is 14.2 Å².